The molecule has 0 spiro atoms. The summed E-state index contributed by atoms with van der Waals surface area (Å²) in [7, 11) is 0. The zero-order valence-corrected chi connectivity index (χ0v) is 30.5. The van der Waals surface area contributed by atoms with Crippen LogP contribution in [0.4, 0.5) is 0 Å². The molecule has 6 nitrogen and oxygen atoms in total. The molecule has 0 saturated heterocycles. The van der Waals surface area contributed by atoms with Crippen molar-refractivity contribution in [3.05, 3.63) is 176 Å². The Hall–Kier alpha value is -6.96. The molecule has 1 aliphatic carbocycles. The normalized spacial score (nSPS) is 12.6. The maximum atomic E-state index is 5.10. The minimum atomic E-state index is 0.622. The van der Waals surface area contributed by atoms with Crippen LogP contribution in [0.3, 0.4) is 0 Å². The second kappa shape index (κ2) is 14.1. The maximum Gasteiger partial charge on any atom is 0.165 e. The summed E-state index contributed by atoms with van der Waals surface area (Å²) in [4.78, 5) is 30.2. The highest BCUT2D eigenvalue weighted by Crippen LogP contribution is 2.41. The van der Waals surface area contributed by atoms with Gasteiger partial charge in [-0.3, -0.25) is 0 Å². The van der Waals surface area contributed by atoms with Crippen LogP contribution in [0, 0.1) is 0 Å². The molecule has 55 heavy (non-hydrogen) atoms. The average molecular weight is 725 g/mol. The Balaban J connectivity index is 1.10. The lowest BCUT2D eigenvalue weighted by Gasteiger charge is -2.11. The van der Waals surface area contributed by atoms with Gasteiger partial charge in [0.2, 0.25) is 0 Å². The summed E-state index contributed by atoms with van der Waals surface area (Å²) < 4.78 is 2.25. The molecular formula is C48H32N6S. The summed E-state index contributed by atoms with van der Waals surface area (Å²) in [6.07, 6.45) is 8.51. The van der Waals surface area contributed by atoms with Crippen molar-refractivity contribution in [2.24, 2.45) is 0 Å². The van der Waals surface area contributed by atoms with Crippen LogP contribution < -0.4 is 0 Å². The molecule has 0 amide bonds. The fourth-order valence-corrected chi connectivity index (χ4v) is 8.30. The van der Waals surface area contributed by atoms with Crippen LogP contribution in [0.15, 0.2) is 170 Å². The van der Waals surface area contributed by atoms with E-state index in [9.17, 15) is 0 Å². The minimum absolute atomic E-state index is 0.622. The standard InChI is InChI=1S/C48H32N6S/c1-5-15-31(16-6-1)35-23-13-24-36(29-35)46-50-43(32-17-7-2-8-18-32)51-47(52-46)37-27-28-38-39-25-14-26-40(42(39)55-41(38)30-37)48-53-44(33-19-9-3-10-20-33)49-45(54-48)34-21-11-4-12-22-34/h1-3,5-11,13-30H,4,12H2. The first kappa shape index (κ1) is 32.7. The summed E-state index contributed by atoms with van der Waals surface area (Å²) in [6.45, 7) is 0. The summed E-state index contributed by atoms with van der Waals surface area (Å²) in [6, 6.07) is 51.9. The summed E-state index contributed by atoms with van der Waals surface area (Å²) in [5, 5.41) is 2.32. The van der Waals surface area contributed by atoms with E-state index in [-0.39, 0.29) is 0 Å². The van der Waals surface area contributed by atoms with Gasteiger partial charge in [-0.25, -0.2) is 29.9 Å². The SMILES string of the molecule is C1=CC(c2nc(-c3ccccc3)nc(-c3cccc4c3sc3cc(-c5nc(-c6ccccc6)nc(-c6cccc(-c7ccccc7)c6)n5)ccc34)n2)=CCC1. The van der Waals surface area contributed by atoms with Gasteiger partial charge >= 0.3 is 0 Å². The fraction of sp³-hybridized carbons (Fsp3) is 0.0417. The largest absolute Gasteiger partial charge is 0.208 e. The molecule has 6 aromatic carbocycles. The van der Waals surface area contributed by atoms with Crippen molar-refractivity contribution in [3.8, 4) is 68.1 Å². The molecule has 0 unspecified atom stereocenters. The molecule has 0 atom stereocenters. The minimum Gasteiger partial charge on any atom is -0.208 e. The molecule has 1 aliphatic rings. The molecule has 0 bridgehead atoms. The number of nitrogens with zero attached hydrogens (tertiary/aromatic N) is 6. The van der Waals surface area contributed by atoms with Crippen molar-refractivity contribution >= 4 is 37.1 Å². The van der Waals surface area contributed by atoms with Crippen molar-refractivity contribution in [2.75, 3.05) is 0 Å². The third-order valence-electron chi connectivity index (χ3n) is 9.81. The topological polar surface area (TPSA) is 77.3 Å². The Morgan fingerprint density at radius 1 is 0.382 bits per heavy atom. The van der Waals surface area contributed by atoms with Gasteiger partial charge in [-0.15, -0.1) is 11.3 Å². The average Bonchev–Trinajstić information content (AvgIpc) is 3.66. The lowest BCUT2D eigenvalue weighted by molar-refractivity contribution is 1.01. The first-order valence-corrected chi connectivity index (χ1v) is 19.2. The van der Waals surface area contributed by atoms with Gasteiger partial charge in [0.25, 0.3) is 0 Å². The summed E-state index contributed by atoms with van der Waals surface area (Å²) in [5.74, 6) is 3.89. The first-order valence-electron chi connectivity index (χ1n) is 18.4. The Bertz CT molecular complexity index is 2920. The van der Waals surface area contributed by atoms with E-state index < -0.39 is 0 Å². The van der Waals surface area contributed by atoms with Crippen LogP contribution in [0.5, 0.6) is 0 Å². The Kier molecular flexibility index (Phi) is 8.39. The zero-order valence-electron chi connectivity index (χ0n) is 29.7. The van der Waals surface area contributed by atoms with Crippen molar-refractivity contribution in [1.82, 2.24) is 29.9 Å². The molecule has 0 aliphatic heterocycles. The van der Waals surface area contributed by atoms with E-state index in [1.54, 1.807) is 11.3 Å². The van der Waals surface area contributed by atoms with E-state index in [2.05, 4.69) is 103 Å². The number of benzene rings is 6. The van der Waals surface area contributed by atoms with Crippen LogP contribution in [0.25, 0.3) is 93.8 Å². The molecule has 0 radical (unpaired) electrons. The third kappa shape index (κ3) is 6.41. The highest BCUT2D eigenvalue weighted by Gasteiger charge is 2.19. The van der Waals surface area contributed by atoms with Crippen LogP contribution >= 0.6 is 11.3 Å². The number of thiophene rings is 1. The van der Waals surface area contributed by atoms with E-state index in [4.69, 9.17) is 29.9 Å². The van der Waals surface area contributed by atoms with Gasteiger partial charge in [0.15, 0.2) is 34.9 Å². The number of hydrogen-bond acceptors (Lipinski definition) is 7. The monoisotopic (exact) mass is 724 g/mol. The highest BCUT2D eigenvalue weighted by molar-refractivity contribution is 7.26. The number of aromatic nitrogens is 6. The lowest BCUT2D eigenvalue weighted by atomic mass is 10.0. The molecule has 260 valence electrons. The molecule has 7 heteroatoms. The van der Waals surface area contributed by atoms with Gasteiger partial charge in [-0.05, 0) is 42.2 Å². The highest BCUT2D eigenvalue weighted by atomic mass is 32.1. The predicted octanol–water partition coefficient (Wildman–Crippen LogP) is 12.2. The van der Waals surface area contributed by atoms with Crippen molar-refractivity contribution < 1.29 is 0 Å². The Morgan fingerprint density at radius 3 is 1.60 bits per heavy atom. The molecule has 3 aromatic heterocycles. The number of rotatable bonds is 7. The van der Waals surface area contributed by atoms with Gasteiger partial charge in [0.05, 0.1) is 0 Å². The molecule has 9 aromatic rings. The van der Waals surface area contributed by atoms with Crippen LogP contribution in [-0.2, 0) is 0 Å². The van der Waals surface area contributed by atoms with Crippen molar-refractivity contribution in [3.63, 3.8) is 0 Å². The maximum absolute atomic E-state index is 5.10. The van der Waals surface area contributed by atoms with E-state index in [1.807, 2.05) is 66.7 Å². The number of fused-ring (bicyclic) bond motifs is 3. The molecule has 0 fully saturated rings. The van der Waals surface area contributed by atoms with E-state index >= 15 is 0 Å². The predicted molar refractivity (Wildman–Crippen MR) is 225 cm³/mol. The number of hydrogen-bond donors (Lipinski definition) is 0. The second-order valence-electron chi connectivity index (χ2n) is 13.4. The molecule has 0 saturated carbocycles. The molecule has 0 N–H and O–H groups in total. The van der Waals surface area contributed by atoms with E-state index in [1.165, 1.54) is 0 Å². The fourth-order valence-electron chi connectivity index (χ4n) is 7.05. The van der Waals surface area contributed by atoms with Gasteiger partial charge in [0, 0.05) is 53.6 Å². The van der Waals surface area contributed by atoms with E-state index in [0.717, 1.165) is 77.5 Å². The van der Waals surface area contributed by atoms with Gasteiger partial charge in [-0.2, -0.15) is 0 Å². The van der Waals surface area contributed by atoms with Gasteiger partial charge in [0.1, 0.15) is 0 Å². The zero-order chi connectivity index (χ0) is 36.6. The Morgan fingerprint density at radius 2 is 0.927 bits per heavy atom. The molecular weight excluding hydrogens is 693 g/mol. The third-order valence-corrected chi connectivity index (χ3v) is 11.0. The van der Waals surface area contributed by atoms with E-state index in [0.29, 0.717) is 34.9 Å². The van der Waals surface area contributed by atoms with Crippen LogP contribution in [-0.4, -0.2) is 29.9 Å². The quantitative estimate of drug-likeness (QED) is 0.163. The molecule has 3 heterocycles. The second-order valence-corrected chi connectivity index (χ2v) is 14.5. The summed E-state index contributed by atoms with van der Waals surface area (Å²) in [5.41, 5.74) is 8.00. The number of allylic oxidation sites excluding steroid dienone is 4. The first-order chi connectivity index (χ1) is 27.2. The lowest BCUT2D eigenvalue weighted by Crippen LogP contribution is -2.03. The van der Waals surface area contributed by atoms with Crippen LogP contribution in [0.1, 0.15) is 18.7 Å². The Labute approximate surface area is 322 Å². The smallest absolute Gasteiger partial charge is 0.165 e. The molecule has 10 rings (SSSR count). The van der Waals surface area contributed by atoms with Crippen molar-refractivity contribution in [1.29, 1.82) is 0 Å². The van der Waals surface area contributed by atoms with Gasteiger partial charge < -0.3 is 0 Å². The van der Waals surface area contributed by atoms with Gasteiger partial charge in [-0.1, -0.05) is 152 Å². The van der Waals surface area contributed by atoms with Crippen molar-refractivity contribution in [2.45, 2.75) is 12.8 Å². The van der Waals surface area contributed by atoms with Crippen LogP contribution in [0.2, 0.25) is 0 Å². The summed E-state index contributed by atoms with van der Waals surface area (Å²) >= 11 is 1.74.